The van der Waals surface area contributed by atoms with Crippen molar-refractivity contribution in [2.45, 2.75) is 37.0 Å². The first-order valence-electron chi connectivity index (χ1n) is 5.34. The van der Waals surface area contributed by atoms with Gasteiger partial charge in [-0.15, -0.1) is 11.8 Å². The summed E-state index contributed by atoms with van der Waals surface area (Å²) in [5, 5.41) is 9.01. The first-order chi connectivity index (χ1) is 7.59. The van der Waals surface area contributed by atoms with Gasteiger partial charge < -0.3 is 9.84 Å². The molecule has 0 radical (unpaired) electrons. The molecule has 2 atom stereocenters. The zero-order valence-electron chi connectivity index (χ0n) is 8.79. The Morgan fingerprint density at radius 2 is 2.31 bits per heavy atom. The maximum absolute atomic E-state index is 14.1. The van der Waals surface area contributed by atoms with Crippen molar-refractivity contribution in [3.8, 4) is 0 Å². The lowest BCUT2D eigenvalue weighted by molar-refractivity contribution is -0.124. The molecule has 1 saturated heterocycles. The first-order valence-corrected chi connectivity index (χ1v) is 6.39. The standard InChI is InChI=1S/C11H14F2O2S/c12-8-7-11(13,5-4-9(8)14)15-10-3-1-2-6-16-10/h4-5,10,14H,1-3,6-7H2/t10?,11-/m1/s1. The smallest absolute Gasteiger partial charge is 0.236 e. The molecule has 2 nitrogen and oxygen atoms in total. The third kappa shape index (κ3) is 2.77. The minimum atomic E-state index is -2.11. The van der Waals surface area contributed by atoms with Crippen molar-refractivity contribution in [1.82, 2.24) is 0 Å². The number of halogens is 2. The molecule has 5 heteroatoms. The van der Waals surface area contributed by atoms with Crippen molar-refractivity contribution in [2.24, 2.45) is 0 Å². The van der Waals surface area contributed by atoms with Crippen LogP contribution in [-0.2, 0) is 4.74 Å². The number of aliphatic hydroxyl groups is 1. The fourth-order valence-corrected chi connectivity index (χ4v) is 2.95. The summed E-state index contributed by atoms with van der Waals surface area (Å²) in [6, 6.07) is 0. The quantitative estimate of drug-likeness (QED) is 0.809. The molecule has 1 aliphatic carbocycles. The number of aliphatic hydroxyl groups excluding tert-OH is 1. The summed E-state index contributed by atoms with van der Waals surface area (Å²) in [5.74, 6) is -2.52. The van der Waals surface area contributed by atoms with Crippen LogP contribution in [0.3, 0.4) is 0 Å². The summed E-state index contributed by atoms with van der Waals surface area (Å²) in [7, 11) is 0. The van der Waals surface area contributed by atoms with Crippen molar-refractivity contribution < 1.29 is 18.6 Å². The van der Waals surface area contributed by atoms with Crippen LogP contribution in [0.2, 0.25) is 0 Å². The second-order valence-corrected chi connectivity index (χ2v) is 5.27. The van der Waals surface area contributed by atoms with E-state index in [1.54, 1.807) is 11.8 Å². The van der Waals surface area contributed by atoms with Gasteiger partial charge in [-0.3, -0.25) is 0 Å². The first kappa shape index (κ1) is 11.9. The van der Waals surface area contributed by atoms with Gasteiger partial charge in [-0.2, -0.15) is 0 Å². The molecule has 90 valence electrons. The molecule has 0 bridgehead atoms. The van der Waals surface area contributed by atoms with Crippen LogP contribution in [0.15, 0.2) is 23.7 Å². The SMILES string of the molecule is OC1=C(F)C[C@](F)(OC2CCCCS2)C=C1. The van der Waals surface area contributed by atoms with Crippen LogP contribution in [0, 0.1) is 0 Å². The Morgan fingerprint density at radius 3 is 2.94 bits per heavy atom. The molecule has 1 aliphatic heterocycles. The number of thioether (sulfide) groups is 1. The Kier molecular flexibility index (Phi) is 3.54. The summed E-state index contributed by atoms with van der Waals surface area (Å²) in [4.78, 5) is 0. The second kappa shape index (κ2) is 4.75. The fraction of sp³-hybridized carbons (Fsp3) is 0.636. The second-order valence-electron chi connectivity index (χ2n) is 4.00. The van der Waals surface area contributed by atoms with E-state index in [1.807, 2.05) is 0 Å². The zero-order chi connectivity index (χ0) is 11.6. The minimum absolute atomic E-state index is 0.212. The van der Waals surface area contributed by atoms with Gasteiger partial charge in [0, 0.05) is 0 Å². The molecular weight excluding hydrogens is 234 g/mol. The molecule has 0 spiro atoms. The van der Waals surface area contributed by atoms with Gasteiger partial charge in [0.05, 0.1) is 6.42 Å². The number of hydrogen-bond donors (Lipinski definition) is 1. The van der Waals surface area contributed by atoms with Crippen LogP contribution in [0.5, 0.6) is 0 Å². The number of alkyl halides is 1. The lowest BCUT2D eigenvalue weighted by atomic mass is 10.1. The Labute approximate surface area is 97.4 Å². The van der Waals surface area contributed by atoms with E-state index in [9.17, 15) is 8.78 Å². The Hall–Kier alpha value is -0.550. The van der Waals surface area contributed by atoms with E-state index in [0.717, 1.165) is 37.2 Å². The predicted molar refractivity (Wildman–Crippen MR) is 59.5 cm³/mol. The van der Waals surface area contributed by atoms with Crippen LogP contribution in [0.25, 0.3) is 0 Å². The maximum Gasteiger partial charge on any atom is 0.236 e. The van der Waals surface area contributed by atoms with Crippen LogP contribution in [-0.4, -0.2) is 22.2 Å². The fourth-order valence-electron chi connectivity index (χ4n) is 1.76. The molecule has 1 N–H and O–H groups in total. The molecule has 1 heterocycles. The normalized spacial score (nSPS) is 35.5. The van der Waals surface area contributed by atoms with Crippen molar-refractivity contribution in [1.29, 1.82) is 0 Å². The lowest BCUT2D eigenvalue weighted by Crippen LogP contribution is -2.32. The summed E-state index contributed by atoms with van der Waals surface area (Å²) >= 11 is 1.56. The molecule has 0 saturated carbocycles. The lowest BCUT2D eigenvalue weighted by Gasteiger charge is -2.30. The highest BCUT2D eigenvalue weighted by Crippen LogP contribution is 2.37. The van der Waals surface area contributed by atoms with Crippen molar-refractivity contribution >= 4 is 11.8 Å². The molecule has 1 fully saturated rings. The predicted octanol–water partition coefficient (Wildman–Crippen LogP) is 3.61. The Balaban J connectivity index is 1.96. The molecule has 0 amide bonds. The third-order valence-corrected chi connectivity index (χ3v) is 3.86. The Bertz CT molecular complexity index is 324. The van der Waals surface area contributed by atoms with E-state index in [1.165, 1.54) is 0 Å². The average molecular weight is 248 g/mol. The molecule has 0 aromatic carbocycles. The average Bonchev–Trinajstić information content (AvgIpc) is 2.25. The number of ether oxygens (including phenoxy) is 1. The van der Waals surface area contributed by atoms with Crippen LogP contribution >= 0.6 is 11.8 Å². The molecule has 2 aliphatic rings. The van der Waals surface area contributed by atoms with Crippen LogP contribution < -0.4 is 0 Å². The molecule has 16 heavy (non-hydrogen) atoms. The highest BCUT2D eigenvalue weighted by molar-refractivity contribution is 7.99. The monoisotopic (exact) mass is 248 g/mol. The zero-order valence-corrected chi connectivity index (χ0v) is 9.60. The van der Waals surface area contributed by atoms with Gasteiger partial charge in [-0.25, -0.2) is 8.78 Å². The van der Waals surface area contributed by atoms with Gasteiger partial charge in [-0.05, 0) is 37.2 Å². The molecule has 2 rings (SSSR count). The summed E-state index contributed by atoms with van der Waals surface area (Å²) in [6.07, 6.45) is 4.50. The summed E-state index contributed by atoms with van der Waals surface area (Å²) in [6.45, 7) is 0. The molecule has 0 aromatic heterocycles. The van der Waals surface area contributed by atoms with Crippen LogP contribution in [0.1, 0.15) is 25.7 Å². The van der Waals surface area contributed by atoms with Gasteiger partial charge in [0.1, 0.15) is 17.0 Å². The number of rotatable bonds is 2. The topological polar surface area (TPSA) is 29.5 Å². The van der Waals surface area contributed by atoms with E-state index < -0.39 is 23.9 Å². The van der Waals surface area contributed by atoms with Gasteiger partial charge >= 0.3 is 0 Å². The minimum Gasteiger partial charge on any atom is -0.505 e. The van der Waals surface area contributed by atoms with E-state index in [-0.39, 0.29) is 5.44 Å². The van der Waals surface area contributed by atoms with Gasteiger partial charge in [-0.1, -0.05) is 0 Å². The van der Waals surface area contributed by atoms with E-state index in [0.29, 0.717) is 0 Å². The molecule has 1 unspecified atom stereocenters. The van der Waals surface area contributed by atoms with Gasteiger partial charge in [0.15, 0.2) is 0 Å². The molecule has 0 aromatic rings. The summed E-state index contributed by atoms with van der Waals surface area (Å²) < 4.78 is 32.4. The van der Waals surface area contributed by atoms with Gasteiger partial charge in [0.2, 0.25) is 5.85 Å². The largest absolute Gasteiger partial charge is 0.505 e. The van der Waals surface area contributed by atoms with Crippen LogP contribution in [0.4, 0.5) is 8.78 Å². The van der Waals surface area contributed by atoms with Crippen molar-refractivity contribution in [2.75, 3.05) is 5.75 Å². The number of hydrogen-bond acceptors (Lipinski definition) is 3. The van der Waals surface area contributed by atoms with E-state index >= 15 is 0 Å². The third-order valence-electron chi connectivity index (χ3n) is 2.63. The highest BCUT2D eigenvalue weighted by Gasteiger charge is 2.36. The van der Waals surface area contributed by atoms with Crippen molar-refractivity contribution in [3.05, 3.63) is 23.7 Å². The van der Waals surface area contributed by atoms with Gasteiger partial charge in [0.25, 0.3) is 0 Å². The maximum atomic E-state index is 14.1. The highest BCUT2D eigenvalue weighted by atomic mass is 32.2. The van der Waals surface area contributed by atoms with E-state index in [2.05, 4.69) is 0 Å². The number of allylic oxidation sites excluding steroid dienone is 1. The Morgan fingerprint density at radius 1 is 1.50 bits per heavy atom. The van der Waals surface area contributed by atoms with Crippen molar-refractivity contribution in [3.63, 3.8) is 0 Å². The van der Waals surface area contributed by atoms with E-state index in [4.69, 9.17) is 9.84 Å². The summed E-state index contributed by atoms with van der Waals surface area (Å²) in [5.41, 5.74) is -0.212. The molecular formula is C11H14F2O2S.